The van der Waals surface area contributed by atoms with E-state index in [-0.39, 0.29) is 26.2 Å². The highest BCUT2D eigenvalue weighted by Crippen LogP contribution is 2.42. The molecule has 1 aliphatic heterocycles. The molecule has 1 saturated heterocycles. The number of alkyl halides is 2. The summed E-state index contributed by atoms with van der Waals surface area (Å²) in [5, 5.41) is 0. The smallest absolute Gasteiger partial charge is 0.411 e. The molecule has 7 heteroatoms. The molecular formula is C23H26F2N2O3. The largest absolute Gasteiger partial charge is 0.436 e. The molecule has 160 valence electrons. The molecule has 2 aromatic rings. The second kappa shape index (κ2) is 8.81. The number of rotatable bonds is 8. The molecule has 0 spiro atoms. The fourth-order valence-electron chi connectivity index (χ4n) is 3.82. The molecule has 5 nitrogen and oxygen atoms in total. The van der Waals surface area contributed by atoms with Crippen LogP contribution in [0.15, 0.2) is 60.7 Å². The van der Waals surface area contributed by atoms with Crippen LogP contribution in [0.3, 0.4) is 0 Å². The number of hydrogen-bond acceptors (Lipinski definition) is 3. The maximum atomic E-state index is 15.1. The van der Waals surface area contributed by atoms with Crippen molar-refractivity contribution in [3.63, 3.8) is 0 Å². The van der Waals surface area contributed by atoms with E-state index in [0.29, 0.717) is 5.56 Å². The third kappa shape index (κ3) is 4.45. The van der Waals surface area contributed by atoms with Crippen molar-refractivity contribution in [2.75, 3.05) is 19.6 Å². The van der Waals surface area contributed by atoms with Crippen LogP contribution >= 0.6 is 0 Å². The molecule has 2 amide bonds. The van der Waals surface area contributed by atoms with Gasteiger partial charge in [-0.2, -0.15) is 8.78 Å². The van der Waals surface area contributed by atoms with Crippen molar-refractivity contribution in [1.82, 2.24) is 9.80 Å². The minimum Gasteiger partial charge on any atom is -0.436 e. The summed E-state index contributed by atoms with van der Waals surface area (Å²) < 4.78 is 35.8. The Bertz CT molecular complexity index is 873. The fourth-order valence-corrected chi connectivity index (χ4v) is 3.82. The number of benzene rings is 2. The quantitative estimate of drug-likeness (QED) is 0.640. The molecule has 0 aromatic heterocycles. The van der Waals surface area contributed by atoms with Crippen molar-refractivity contribution < 1.29 is 23.1 Å². The molecule has 1 aliphatic rings. The van der Waals surface area contributed by atoms with Crippen LogP contribution in [-0.4, -0.2) is 47.4 Å². The number of hydrogen-bond donors (Lipinski definition) is 0. The lowest BCUT2D eigenvalue weighted by Crippen LogP contribution is -2.48. The number of cyclic esters (lactones) is 1. The Labute approximate surface area is 175 Å². The fraction of sp³-hybridized carbons (Fsp3) is 0.391. The lowest BCUT2D eigenvalue weighted by molar-refractivity contribution is -0.165. The van der Waals surface area contributed by atoms with Gasteiger partial charge < -0.3 is 9.64 Å². The van der Waals surface area contributed by atoms with Crippen LogP contribution in [0, 0.1) is 0 Å². The first kappa shape index (κ1) is 21.7. The van der Waals surface area contributed by atoms with Gasteiger partial charge in [0.25, 0.3) is 5.91 Å². The van der Waals surface area contributed by atoms with Crippen molar-refractivity contribution in [1.29, 1.82) is 0 Å². The summed E-state index contributed by atoms with van der Waals surface area (Å²) in [4.78, 5) is 27.6. The Hall–Kier alpha value is -2.96. The third-order valence-corrected chi connectivity index (χ3v) is 5.37. The highest BCUT2D eigenvalue weighted by Gasteiger charge is 2.56. The van der Waals surface area contributed by atoms with Gasteiger partial charge >= 0.3 is 12.0 Å². The minimum atomic E-state index is -3.68. The molecule has 0 N–H and O–H groups in total. The predicted octanol–water partition coefficient (Wildman–Crippen LogP) is 4.43. The number of amides is 2. The van der Waals surface area contributed by atoms with E-state index in [1.165, 1.54) is 4.90 Å². The Morgan fingerprint density at radius 3 is 2.20 bits per heavy atom. The molecule has 1 heterocycles. The van der Waals surface area contributed by atoms with Crippen LogP contribution in [-0.2, 0) is 21.7 Å². The van der Waals surface area contributed by atoms with E-state index in [2.05, 4.69) is 0 Å². The van der Waals surface area contributed by atoms with E-state index in [4.69, 9.17) is 4.74 Å². The zero-order chi connectivity index (χ0) is 21.8. The van der Waals surface area contributed by atoms with Crippen LogP contribution < -0.4 is 0 Å². The molecule has 1 fully saturated rings. The van der Waals surface area contributed by atoms with Gasteiger partial charge in [-0.1, -0.05) is 60.7 Å². The first-order chi connectivity index (χ1) is 14.3. The second-order valence-electron chi connectivity index (χ2n) is 7.43. The van der Waals surface area contributed by atoms with E-state index in [0.717, 1.165) is 10.5 Å². The maximum absolute atomic E-state index is 15.1. The first-order valence-corrected chi connectivity index (χ1v) is 10.1. The number of carbonyl (C=O) groups is 2. The van der Waals surface area contributed by atoms with Gasteiger partial charge in [0.15, 0.2) is 5.60 Å². The monoisotopic (exact) mass is 416 g/mol. The van der Waals surface area contributed by atoms with E-state index >= 15 is 8.78 Å². The predicted molar refractivity (Wildman–Crippen MR) is 109 cm³/mol. The zero-order valence-corrected chi connectivity index (χ0v) is 17.2. The lowest BCUT2D eigenvalue weighted by atomic mass is 9.87. The zero-order valence-electron chi connectivity index (χ0n) is 17.2. The van der Waals surface area contributed by atoms with Gasteiger partial charge in [-0.15, -0.1) is 0 Å². The van der Waals surface area contributed by atoms with Crippen molar-refractivity contribution >= 4 is 12.0 Å². The highest BCUT2D eigenvalue weighted by molar-refractivity contribution is 5.84. The highest BCUT2D eigenvalue weighted by atomic mass is 19.3. The molecule has 3 rings (SSSR count). The molecular weight excluding hydrogens is 390 g/mol. The Morgan fingerprint density at radius 1 is 1.07 bits per heavy atom. The molecule has 0 aliphatic carbocycles. The van der Waals surface area contributed by atoms with Crippen LogP contribution in [0.25, 0.3) is 0 Å². The summed E-state index contributed by atoms with van der Waals surface area (Å²) in [7, 11) is 0. The number of nitrogens with zero attached hydrogens (tertiary/aromatic N) is 2. The van der Waals surface area contributed by atoms with E-state index in [1.807, 2.05) is 30.3 Å². The average molecular weight is 416 g/mol. The summed E-state index contributed by atoms with van der Waals surface area (Å²) in [6.07, 6.45) is -1.58. The van der Waals surface area contributed by atoms with Crippen LogP contribution in [0.2, 0.25) is 0 Å². The van der Waals surface area contributed by atoms with Gasteiger partial charge in [-0.05, 0) is 25.0 Å². The molecule has 0 radical (unpaired) electrons. The SMILES string of the molecule is CCN(CC)C(=O)C(F)(F)CC1(c2ccccc2)CN(Cc2ccccc2)C(=O)O1. The van der Waals surface area contributed by atoms with Crippen molar-refractivity contribution in [2.24, 2.45) is 0 Å². The summed E-state index contributed by atoms with van der Waals surface area (Å²) in [6.45, 7) is 3.85. The molecule has 30 heavy (non-hydrogen) atoms. The summed E-state index contributed by atoms with van der Waals surface area (Å²) in [6, 6.07) is 17.7. The van der Waals surface area contributed by atoms with Gasteiger partial charge in [0, 0.05) is 19.6 Å². The van der Waals surface area contributed by atoms with Gasteiger partial charge in [-0.3, -0.25) is 9.69 Å². The number of halogens is 2. The Balaban J connectivity index is 1.92. The van der Waals surface area contributed by atoms with Gasteiger partial charge in [0.1, 0.15) is 0 Å². The van der Waals surface area contributed by atoms with Crippen LogP contribution in [0.4, 0.5) is 13.6 Å². The van der Waals surface area contributed by atoms with Crippen molar-refractivity contribution in [3.05, 3.63) is 71.8 Å². The Kier molecular flexibility index (Phi) is 6.39. The van der Waals surface area contributed by atoms with Crippen molar-refractivity contribution in [3.8, 4) is 0 Å². The molecule has 1 atom stereocenters. The minimum absolute atomic E-state index is 0.0636. The number of ether oxygens (including phenoxy) is 1. The van der Waals surface area contributed by atoms with E-state index in [1.54, 1.807) is 44.2 Å². The first-order valence-electron chi connectivity index (χ1n) is 10.1. The summed E-state index contributed by atoms with van der Waals surface area (Å²) in [5.74, 6) is -4.93. The van der Waals surface area contributed by atoms with Crippen LogP contribution in [0.5, 0.6) is 0 Å². The second-order valence-corrected chi connectivity index (χ2v) is 7.43. The number of carbonyl (C=O) groups excluding carboxylic acids is 2. The topological polar surface area (TPSA) is 49.9 Å². The maximum Gasteiger partial charge on any atom is 0.411 e. The molecule has 0 saturated carbocycles. The normalized spacial score (nSPS) is 18.9. The van der Waals surface area contributed by atoms with E-state index < -0.39 is 29.9 Å². The van der Waals surface area contributed by atoms with Gasteiger partial charge in [-0.25, -0.2) is 4.79 Å². The van der Waals surface area contributed by atoms with Crippen LogP contribution in [0.1, 0.15) is 31.4 Å². The van der Waals surface area contributed by atoms with Crippen molar-refractivity contribution in [2.45, 2.75) is 38.3 Å². The molecule has 0 bridgehead atoms. The van der Waals surface area contributed by atoms with Gasteiger partial charge in [0.05, 0.1) is 13.0 Å². The van der Waals surface area contributed by atoms with Gasteiger partial charge in [0.2, 0.25) is 0 Å². The Morgan fingerprint density at radius 2 is 1.63 bits per heavy atom. The summed E-state index contributed by atoms with van der Waals surface area (Å²) >= 11 is 0. The summed E-state index contributed by atoms with van der Waals surface area (Å²) in [5.41, 5.74) is -0.301. The molecule has 2 aromatic carbocycles. The third-order valence-electron chi connectivity index (χ3n) is 5.37. The average Bonchev–Trinajstić information content (AvgIpc) is 3.05. The standard InChI is InChI=1S/C23H26F2N2O3/c1-3-26(4-2)20(28)23(24,25)16-22(19-13-9-6-10-14-19)17-27(21(29)30-22)15-18-11-7-5-8-12-18/h5-14H,3-4,15-17H2,1-2H3. The molecule has 1 unspecified atom stereocenters. The van der Waals surface area contributed by atoms with E-state index in [9.17, 15) is 9.59 Å². The lowest BCUT2D eigenvalue weighted by Gasteiger charge is -2.33.